The van der Waals surface area contributed by atoms with Crippen LogP contribution in [0.1, 0.15) is 9.67 Å². The molecule has 0 fully saturated rings. The van der Waals surface area contributed by atoms with Crippen molar-refractivity contribution in [1.29, 1.82) is 0 Å². The molecule has 13 heavy (non-hydrogen) atoms. The summed E-state index contributed by atoms with van der Waals surface area (Å²) in [6.45, 7) is 0.774. The van der Waals surface area contributed by atoms with E-state index in [0.29, 0.717) is 24.0 Å². The number of nitrogens with two attached hydrogens (primary N) is 1. The third-order valence-electron chi connectivity index (χ3n) is 1.62. The van der Waals surface area contributed by atoms with Crippen molar-refractivity contribution in [2.45, 2.75) is 0 Å². The lowest BCUT2D eigenvalue weighted by molar-refractivity contribution is 0.0693. The van der Waals surface area contributed by atoms with Gasteiger partial charge in [-0.25, -0.2) is 4.79 Å². The Kier molecular flexibility index (Phi) is 1.77. The zero-order chi connectivity index (χ0) is 9.42. The first-order chi connectivity index (χ1) is 6.20. The van der Waals surface area contributed by atoms with Crippen molar-refractivity contribution in [3.63, 3.8) is 0 Å². The largest absolute Gasteiger partial charge is 0.484 e. The Morgan fingerprint density at radius 2 is 2.00 bits per heavy atom. The van der Waals surface area contributed by atoms with Crippen LogP contribution in [0.25, 0.3) is 0 Å². The maximum atomic E-state index is 10.7. The van der Waals surface area contributed by atoms with Crippen molar-refractivity contribution in [2.75, 3.05) is 18.9 Å². The number of aromatic carboxylic acids is 1. The lowest BCUT2D eigenvalue weighted by Crippen LogP contribution is -2.16. The van der Waals surface area contributed by atoms with E-state index in [0.717, 1.165) is 11.3 Å². The lowest BCUT2D eigenvalue weighted by atomic mass is 10.4. The van der Waals surface area contributed by atoms with Crippen LogP contribution in [0.2, 0.25) is 0 Å². The second-order valence-electron chi connectivity index (χ2n) is 2.46. The van der Waals surface area contributed by atoms with Crippen molar-refractivity contribution < 1.29 is 19.4 Å². The van der Waals surface area contributed by atoms with E-state index >= 15 is 0 Å². The maximum absolute atomic E-state index is 10.7. The van der Waals surface area contributed by atoms with Crippen LogP contribution in [0.3, 0.4) is 0 Å². The number of hydrogen-bond acceptors (Lipinski definition) is 5. The Balaban J connectivity index is 2.53. The number of fused-ring (bicyclic) bond motifs is 1. The van der Waals surface area contributed by atoms with Gasteiger partial charge in [-0.05, 0) is 0 Å². The van der Waals surface area contributed by atoms with Gasteiger partial charge in [0.2, 0.25) is 0 Å². The molecule has 70 valence electrons. The van der Waals surface area contributed by atoms with Gasteiger partial charge in [0.05, 0.1) is 0 Å². The fraction of sp³-hybridized carbons (Fsp3) is 0.286. The molecule has 1 aliphatic heterocycles. The molecule has 5 nitrogen and oxygen atoms in total. The summed E-state index contributed by atoms with van der Waals surface area (Å²) >= 11 is 0.966. The smallest absolute Gasteiger partial charge is 0.349 e. The molecule has 1 aliphatic rings. The van der Waals surface area contributed by atoms with Gasteiger partial charge >= 0.3 is 5.97 Å². The van der Waals surface area contributed by atoms with Crippen LogP contribution < -0.4 is 15.2 Å². The van der Waals surface area contributed by atoms with Gasteiger partial charge < -0.3 is 20.3 Å². The van der Waals surface area contributed by atoms with Crippen molar-refractivity contribution >= 4 is 22.3 Å². The highest BCUT2D eigenvalue weighted by Crippen LogP contribution is 2.45. The van der Waals surface area contributed by atoms with E-state index in [9.17, 15) is 4.79 Å². The molecule has 0 radical (unpaired) electrons. The molecule has 0 saturated carbocycles. The first-order valence-corrected chi connectivity index (χ1v) is 4.43. The second kappa shape index (κ2) is 2.81. The van der Waals surface area contributed by atoms with Crippen LogP contribution in [0, 0.1) is 0 Å². The number of carboxylic acids is 1. The number of thiophene rings is 1. The van der Waals surface area contributed by atoms with Crippen molar-refractivity contribution in [2.24, 2.45) is 0 Å². The summed E-state index contributed by atoms with van der Waals surface area (Å²) < 4.78 is 10.3. The molecule has 0 spiro atoms. The Labute approximate surface area is 77.7 Å². The highest BCUT2D eigenvalue weighted by molar-refractivity contribution is 7.18. The Morgan fingerprint density at radius 1 is 1.38 bits per heavy atom. The van der Waals surface area contributed by atoms with Crippen LogP contribution in [0.5, 0.6) is 11.5 Å². The van der Waals surface area contributed by atoms with Gasteiger partial charge in [-0.3, -0.25) is 0 Å². The van der Waals surface area contributed by atoms with Crippen LogP contribution in [0.4, 0.5) is 5.00 Å². The van der Waals surface area contributed by atoms with E-state index in [1.807, 2.05) is 0 Å². The molecule has 3 N–H and O–H groups in total. The van der Waals surface area contributed by atoms with Gasteiger partial charge in [0.25, 0.3) is 0 Å². The first-order valence-electron chi connectivity index (χ1n) is 3.61. The quantitative estimate of drug-likeness (QED) is 0.702. The molecule has 0 bridgehead atoms. The SMILES string of the molecule is Nc1sc(C(=O)O)c2c1OCCO2. The molecule has 0 saturated heterocycles. The molecule has 0 atom stereocenters. The Bertz CT molecular complexity index is 360. The van der Waals surface area contributed by atoms with E-state index in [1.165, 1.54) is 0 Å². The molecule has 2 rings (SSSR count). The minimum absolute atomic E-state index is 0.104. The van der Waals surface area contributed by atoms with E-state index in [1.54, 1.807) is 0 Å². The molecule has 0 unspecified atom stereocenters. The number of hydrogen-bond donors (Lipinski definition) is 2. The average molecular weight is 201 g/mol. The molecule has 1 aromatic heterocycles. The summed E-state index contributed by atoms with van der Waals surface area (Å²) in [6.07, 6.45) is 0. The van der Waals surface area contributed by atoms with Crippen molar-refractivity contribution in [3.8, 4) is 11.5 Å². The zero-order valence-corrected chi connectivity index (χ0v) is 7.39. The molecule has 6 heteroatoms. The number of carbonyl (C=O) groups is 1. The normalized spacial score (nSPS) is 14.2. The van der Waals surface area contributed by atoms with Crippen LogP contribution >= 0.6 is 11.3 Å². The van der Waals surface area contributed by atoms with Crippen molar-refractivity contribution in [1.82, 2.24) is 0 Å². The number of anilines is 1. The highest BCUT2D eigenvalue weighted by Gasteiger charge is 2.26. The highest BCUT2D eigenvalue weighted by atomic mass is 32.1. The molecular weight excluding hydrogens is 194 g/mol. The third-order valence-corrected chi connectivity index (χ3v) is 2.59. The third kappa shape index (κ3) is 1.19. The summed E-state index contributed by atoms with van der Waals surface area (Å²) in [4.78, 5) is 10.8. The average Bonchev–Trinajstić information content (AvgIpc) is 2.45. The minimum atomic E-state index is -1.04. The van der Waals surface area contributed by atoms with Crippen LogP contribution in [0.15, 0.2) is 0 Å². The molecular formula is C7H7NO4S. The predicted molar refractivity (Wildman–Crippen MR) is 46.7 cm³/mol. The molecule has 1 aromatic rings. The van der Waals surface area contributed by atoms with E-state index < -0.39 is 5.97 Å². The van der Waals surface area contributed by atoms with Crippen LogP contribution in [-0.4, -0.2) is 24.3 Å². The van der Waals surface area contributed by atoms with E-state index in [-0.39, 0.29) is 10.6 Å². The topological polar surface area (TPSA) is 81.8 Å². The van der Waals surface area contributed by atoms with E-state index in [2.05, 4.69) is 0 Å². The maximum Gasteiger partial charge on any atom is 0.349 e. The van der Waals surface area contributed by atoms with Gasteiger partial charge in [-0.2, -0.15) is 0 Å². The Morgan fingerprint density at radius 3 is 2.62 bits per heavy atom. The standard InChI is InChI=1S/C7H7NO4S/c8-6-4-3(11-1-2-12-4)5(13-6)7(9)10/h1-2,8H2,(H,9,10). The fourth-order valence-electron chi connectivity index (χ4n) is 1.11. The number of rotatable bonds is 1. The molecule has 2 heterocycles. The van der Waals surface area contributed by atoms with E-state index in [4.69, 9.17) is 20.3 Å². The lowest BCUT2D eigenvalue weighted by Gasteiger charge is -2.15. The van der Waals surface area contributed by atoms with Crippen LogP contribution in [-0.2, 0) is 0 Å². The number of ether oxygens (including phenoxy) is 2. The summed E-state index contributed by atoms with van der Waals surface area (Å²) in [5.74, 6) is -0.404. The first kappa shape index (κ1) is 8.18. The number of nitrogen functional groups attached to an aromatic ring is 1. The molecule has 0 aliphatic carbocycles. The number of carboxylic acid groups (broad SMARTS) is 1. The van der Waals surface area contributed by atoms with Crippen molar-refractivity contribution in [3.05, 3.63) is 4.88 Å². The van der Waals surface area contributed by atoms with Gasteiger partial charge in [0.1, 0.15) is 18.2 Å². The molecule has 0 aromatic carbocycles. The Hall–Kier alpha value is -1.43. The summed E-state index contributed by atoms with van der Waals surface area (Å²) in [6, 6.07) is 0. The van der Waals surface area contributed by atoms with Gasteiger partial charge in [-0.1, -0.05) is 0 Å². The second-order valence-corrected chi connectivity index (χ2v) is 3.51. The minimum Gasteiger partial charge on any atom is -0.484 e. The van der Waals surface area contributed by atoms with Gasteiger partial charge in [0, 0.05) is 0 Å². The fourth-order valence-corrected chi connectivity index (χ4v) is 1.91. The van der Waals surface area contributed by atoms with Gasteiger partial charge in [0.15, 0.2) is 16.4 Å². The monoisotopic (exact) mass is 201 g/mol. The molecule has 0 amide bonds. The summed E-state index contributed by atoms with van der Waals surface area (Å²) in [5.41, 5.74) is 5.55. The zero-order valence-electron chi connectivity index (χ0n) is 6.57. The van der Waals surface area contributed by atoms with Gasteiger partial charge in [-0.15, -0.1) is 11.3 Å². The summed E-state index contributed by atoms with van der Waals surface area (Å²) in [5, 5.41) is 9.13. The predicted octanol–water partition coefficient (Wildman–Crippen LogP) is 0.800. The summed E-state index contributed by atoms with van der Waals surface area (Å²) in [7, 11) is 0.